The second kappa shape index (κ2) is 12.1. The third kappa shape index (κ3) is 8.88. The van der Waals surface area contributed by atoms with Crippen molar-refractivity contribution in [2.45, 2.75) is 64.6 Å². The minimum Gasteiger partial charge on any atom is -0.475 e. The molecule has 1 aliphatic rings. The Hall–Kier alpha value is -3.92. The molecule has 2 rings (SSSR count). The normalized spacial score (nSPS) is 16.7. The molecule has 212 valence electrons. The van der Waals surface area contributed by atoms with Crippen molar-refractivity contribution in [3.8, 4) is 11.5 Å². The molecule has 2 unspecified atom stereocenters. The molecule has 0 amide bonds. The van der Waals surface area contributed by atoms with E-state index in [-0.39, 0.29) is 24.0 Å². The highest BCUT2D eigenvalue weighted by atomic mass is 19.4. The summed E-state index contributed by atoms with van der Waals surface area (Å²) in [6.07, 6.45) is -16.7. The fraction of sp³-hybridized carbons (Fsp3) is 0.524. The van der Waals surface area contributed by atoms with Crippen LogP contribution < -0.4 is 9.47 Å². The van der Waals surface area contributed by atoms with Crippen molar-refractivity contribution >= 4 is 18.2 Å². The van der Waals surface area contributed by atoms with Gasteiger partial charge in [-0.1, -0.05) is 6.92 Å². The van der Waals surface area contributed by atoms with E-state index in [1.165, 1.54) is 13.8 Å². The number of nitrogens with zero attached hydrogens (tertiary/aromatic N) is 1. The number of alkyl halides is 6. The van der Waals surface area contributed by atoms with E-state index in [0.29, 0.717) is 6.08 Å². The maximum Gasteiger partial charge on any atom is 0.573 e. The molecule has 1 aromatic carbocycles. The SMILES string of the molecule is CCc1cc(OC(F)(F)F)cc2c1O[C@H](C(F)(F)F)C(C(=O)OC(C)OC(=O)OC(C)CCO[N+](=O)[O-])=C2. The first-order valence-electron chi connectivity index (χ1n) is 10.7. The van der Waals surface area contributed by atoms with Crippen molar-refractivity contribution in [2.24, 2.45) is 0 Å². The van der Waals surface area contributed by atoms with Gasteiger partial charge >= 0.3 is 24.7 Å². The van der Waals surface area contributed by atoms with Crippen LogP contribution in [-0.2, 0) is 30.3 Å². The van der Waals surface area contributed by atoms with Crippen molar-refractivity contribution < 1.29 is 69.5 Å². The lowest BCUT2D eigenvalue weighted by atomic mass is 9.97. The topological polar surface area (TPSA) is 133 Å². The molecule has 11 nitrogen and oxygen atoms in total. The zero-order chi connectivity index (χ0) is 28.8. The number of fused-ring (bicyclic) bond motifs is 1. The van der Waals surface area contributed by atoms with E-state index < -0.39 is 71.9 Å². The highest BCUT2D eigenvalue weighted by Crippen LogP contribution is 2.42. The predicted molar refractivity (Wildman–Crippen MR) is 111 cm³/mol. The first kappa shape index (κ1) is 30.3. The minimum atomic E-state index is -5.14. The zero-order valence-corrected chi connectivity index (χ0v) is 19.9. The molecule has 38 heavy (non-hydrogen) atoms. The number of esters is 1. The molecule has 0 aliphatic carbocycles. The van der Waals surface area contributed by atoms with Gasteiger partial charge in [-0.15, -0.1) is 23.3 Å². The molecule has 0 fully saturated rings. The number of carbonyl (C=O) groups excluding carboxylic acids is 2. The smallest absolute Gasteiger partial charge is 0.475 e. The number of halogens is 6. The molecule has 0 bridgehead atoms. The molecule has 1 heterocycles. The van der Waals surface area contributed by atoms with Gasteiger partial charge in [0.15, 0.2) is 0 Å². The number of hydrogen-bond donors (Lipinski definition) is 0. The largest absolute Gasteiger partial charge is 0.573 e. The summed E-state index contributed by atoms with van der Waals surface area (Å²) in [7, 11) is 0. The van der Waals surface area contributed by atoms with E-state index in [1.807, 2.05) is 0 Å². The predicted octanol–water partition coefficient (Wildman–Crippen LogP) is 4.88. The Morgan fingerprint density at radius 1 is 1.11 bits per heavy atom. The summed E-state index contributed by atoms with van der Waals surface area (Å²) in [6, 6.07) is 1.60. The monoisotopic (exact) mass is 561 g/mol. The van der Waals surface area contributed by atoms with Crippen LogP contribution in [0.25, 0.3) is 6.08 Å². The van der Waals surface area contributed by atoms with Gasteiger partial charge in [-0.3, -0.25) is 0 Å². The lowest BCUT2D eigenvalue weighted by Crippen LogP contribution is -2.41. The van der Waals surface area contributed by atoms with Gasteiger partial charge in [0.1, 0.15) is 17.6 Å². The van der Waals surface area contributed by atoms with Gasteiger partial charge in [0, 0.05) is 18.9 Å². The average molecular weight is 561 g/mol. The van der Waals surface area contributed by atoms with Crippen molar-refractivity contribution in [3.63, 3.8) is 0 Å². The lowest BCUT2D eigenvalue weighted by molar-refractivity contribution is -0.758. The summed E-state index contributed by atoms with van der Waals surface area (Å²) in [6.45, 7) is 3.36. The van der Waals surface area contributed by atoms with E-state index in [0.717, 1.165) is 19.1 Å². The highest BCUT2D eigenvalue weighted by Gasteiger charge is 2.49. The van der Waals surface area contributed by atoms with Crippen LogP contribution in [0.3, 0.4) is 0 Å². The highest BCUT2D eigenvalue weighted by molar-refractivity contribution is 5.96. The molecular weight excluding hydrogens is 540 g/mol. The van der Waals surface area contributed by atoms with Crippen LogP contribution in [-0.4, -0.2) is 54.9 Å². The molecule has 0 saturated heterocycles. The molecule has 3 atom stereocenters. The second-order valence-corrected chi connectivity index (χ2v) is 7.66. The molecule has 1 aromatic rings. The van der Waals surface area contributed by atoms with Crippen molar-refractivity contribution in [1.29, 1.82) is 0 Å². The Labute approximate surface area is 210 Å². The average Bonchev–Trinajstić information content (AvgIpc) is 2.75. The molecule has 0 aromatic heterocycles. The molecule has 0 saturated carbocycles. The molecule has 0 spiro atoms. The fourth-order valence-electron chi connectivity index (χ4n) is 3.15. The van der Waals surface area contributed by atoms with Crippen LogP contribution in [0.15, 0.2) is 17.7 Å². The minimum absolute atomic E-state index is 0.0286. The maximum atomic E-state index is 13.7. The van der Waals surface area contributed by atoms with Gasteiger partial charge in [0.25, 0.3) is 5.09 Å². The summed E-state index contributed by atoms with van der Waals surface area (Å²) < 4.78 is 102. The number of aryl methyl sites for hydroxylation is 1. The van der Waals surface area contributed by atoms with Gasteiger partial charge < -0.3 is 28.5 Å². The van der Waals surface area contributed by atoms with Crippen molar-refractivity contribution in [1.82, 2.24) is 0 Å². The Morgan fingerprint density at radius 3 is 2.32 bits per heavy atom. The summed E-state index contributed by atoms with van der Waals surface area (Å²) in [4.78, 5) is 38.5. The Kier molecular flexibility index (Phi) is 9.64. The van der Waals surface area contributed by atoms with Crippen LogP contribution in [0.1, 0.15) is 38.3 Å². The quantitative estimate of drug-likeness (QED) is 0.128. The van der Waals surface area contributed by atoms with E-state index >= 15 is 0 Å². The van der Waals surface area contributed by atoms with E-state index in [4.69, 9.17) is 14.2 Å². The Balaban J connectivity index is 2.20. The van der Waals surface area contributed by atoms with Crippen LogP contribution in [0, 0.1) is 10.1 Å². The van der Waals surface area contributed by atoms with Crippen LogP contribution >= 0.6 is 0 Å². The van der Waals surface area contributed by atoms with Crippen LogP contribution in [0.5, 0.6) is 11.5 Å². The Morgan fingerprint density at radius 2 is 1.76 bits per heavy atom. The van der Waals surface area contributed by atoms with Crippen molar-refractivity contribution in [3.05, 3.63) is 38.9 Å². The molecule has 17 heteroatoms. The lowest BCUT2D eigenvalue weighted by Gasteiger charge is -2.30. The zero-order valence-electron chi connectivity index (χ0n) is 19.9. The molecular formula is C21H21F6NO10. The fourth-order valence-corrected chi connectivity index (χ4v) is 3.15. The van der Waals surface area contributed by atoms with E-state index in [2.05, 4.69) is 14.3 Å². The third-order valence-corrected chi connectivity index (χ3v) is 4.70. The summed E-state index contributed by atoms with van der Waals surface area (Å²) in [5.74, 6) is -2.79. The molecule has 1 aliphatic heterocycles. The summed E-state index contributed by atoms with van der Waals surface area (Å²) >= 11 is 0. The first-order chi connectivity index (χ1) is 17.5. The number of rotatable bonds is 10. The van der Waals surface area contributed by atoms with Gasteiger partial charge in [-0.05, 0) is 37.1 Å². The third-order valence-electron chi connectivity index (χ3n) is 4.70. The summed E-state index contributed by atoms with van der Waals surface area (Å²) in [5, 5.41) is 9.05. The van der Waals surface area contributed by atoms with E-state index in [1.54, 1.807) is 0 Å². The molecule has 0 N–H and O–H groups in total. The second-order valence-electron chi connectivity index (χ2n) is 7.66. The molecule has 0 radical (unpaired) electrons. The standard InChI is InChI=1S/C21H21F6NO10/c1-4-12-7-14(38-21(25,26)27)8-13-9-15(17(20(22,23)24)37-16(12)13)18(29)35-11(3)36-19(30)34-10(2)5-6-33-28(31)32/h7-11,17H,4-6H2,1-3H3/t10?,11?,17-/m0/s1. The van der Waals surface area contributed by atoms with Gasteiger partial charge in [0.05, 0.1) is 12.2 Å². The van der Waals surface area contributed by atoms with Crippen LogP contribution in [0.4, 0.5) is 31.1 Å². The van der Waals surface area contributed by atoms with Crippen molar-refractivity contribution in [2.75, 3.05) is 6.61 Å². The van der Waals surface area contributed by atoms with Gasteiger partial charge in [-0.2, -0.15) is 13.2 Å². The maximum absolute atomic E-state index is 13.7. The van der Waals surface area contributed by atoms with Crippen LogP contribution in [0.2, 0.25) is 0 Å². The van der Waals surface area contributed by atoms with Gasteiger partial charge in [0.2, 0.25) is 12.4 Å². The number of carbonyl (C=O) groups is 2. The number of ether oxygens (including phenoxy) is 5. The number of hydrogen-bond acceptors (Lipinski definition) is 10. The van der Waals surface area contributed by atoms with E-state index in [9.17, 15) is 46.0 Å². The van der Waals surface area contributed by atoms with Gasteiger partial charge in [-0.25, -0.2) is 9.59 Å². The number of benzene rings is 1. The summed E-state index contributed by atoms with van der Waals surface area (Å²) in [5.41, 5.74) is -1.49. The Bertz CT molecular complexity index is 1070. The first-order valence-corrected chi connectivity index (χ1v) is 10.7.